The number of hydrogen-bond donors (Lipinski definition) is 1. The maximum Gasteiger partial charge on any atom is 0.191 e. The van der Waals surface area contributed by atoms with Gasteiger partial charge in [0.15, 0.2) is 5.96 Å². The van der Waals surface area contributed by atoms with Gasteiger partial charge in [-0.05, 0) is 43.0 Å². The van der Waals surface area contributed by atoms with Gasteiger partial charge in [0.05, 0.1) is 6.54 Å². The van der Waals surface area contributed by atoms with Gasteiger partial charge in [0.1, 0.15) is 12.4 Å². The fraction of sp³-hybridized carbons (Fsp3) is 0.533. The fourth-order valence-corrected chi connectivity index (χ4v) is 2.48. The highest BCUT2D eigenvalue weighted by Crippen LogP contribution is 2.16. The number of likely N-dealkylation sites (tertiary alicyclic amines) is 1. The molecule has 0 bridgehead atoms. The van der Waals surface area contributed by atoms with E-state index in [4.69, 9.17) is 22.1 Å². The van der Waals surface area contributed by atoms with Crippen LogP contribution >= 0.6 is 35.6 Å². The Morgan fingerprint density at radius 1 is 1.43 bits per heavy atom. The van der Waals surface area contributed by atoms with E-state index in [0.29, 0.717) is 30.1 Å². The third-order valence-electron chi connectivity index (χ3n) is 3.43. The number of rotatable bonds is 4. The van der Waals surface area contributed by atoms with Gasteiger partial charge in [-0.1, -0.05) is 18.5 Å². The van der Waals surface area contributed by atoms with Crippen LogP contribution in [0.15, 0.2) is 29.3 Å². The Kier molecular flexibility index (Phi) is 8.18. The van der Waals surface area contributed by atoms with Gasteiger partial charge >= 0.3 is 0 Å². The molecule has 1 atom stereocenters. The van der Waals surface area contributed by atoms with Crippen LogP contribution < -0.4 is 10.5 Å². The Morgan fingerprint density at radius 3 is 2.81 bits per heavy atom. The van der Waals surface area contributed by atoms with Gasteiger partial charge in [0, 0.05) is 18.1 Å². The minimum atomic E-state index is 0. The molecule has 0 aromatic heterocycles. The quantitative estimate of drug-likeness (QED) is 0.350. The summed E-state index contributed by atoms with van der Waals surface area (Å²) in [6, 6.07) is 7.32. The van der Waals surface area contributed by atoms with Gasteiger partial charge in [0.2, 0.25) is 0 Å². The highest BCUT2D eigenvalue weighted by Gasteiger charge is 2.17. The van der Waals surface area contributed by atoms with Crippen LogP contribution in [0.25, 0.3) is 0 Å². The molecule has 1 aromatic carbocycles. The summed E-state index contributed by atoms with van der Waals surface area (Å²) in [7, 11) is 0. The molecule has 1 fully saturated rings. The van der Waals surface area contributed by atoms with Crippen molar-refractivity contribution in [2.24, 2.45) is 16.6 Å². The first-order valence-electron chi connectivity index (χ1n) is 7.08. The van der Waals surface area contributed by atoms with Crippen molar-refractivity contribution in [3.8, 4) is 5.75 Å². The molecule has 0 saturated carbocycles. The minimum absolute atomic E-state index is 0. The second-order valence-corrected chi connectivity index (χ2v) is 5.67. The number of guanidine groups is 1. The molecule has 1 saturated heterocycles. The van der Waals surface area contributed by atoms with Gasteiger partial charge in [-0.15, -0.1) is 24.0 Å². The highest BCUT2D eigenvalue weighted by atomic mass is 127. The monoisotopic (exact) mass is 423 g/mol. The summed E-state index contributed by atoms with van der Waals surface area (Å²) in [5.41, 5.74) is 6.01. The van der Waals surface area contributed by atoms with Crippen LogP contribution in [0.3, 0.4) is 0 Å². The van der Waals surface area contributed by atoms with E-state index in [1.807, 2.05) is 24.3 Å². The van der Waals surface area contributed by atoms with E-state index in [9.17, 15) is 0 Å². The normalized spacial score (nSPS) is 19.0. The van der Waals surface area contributed by atoms with Crippen molar-refractivity contribution in [1.29, 1.82) is 0 Å². The zero-order valence-corrected chi connectivity index (χ0v) is 15.4. The van der Waals surface area contributed by atoms with E-state index in [1.165, 1.54) is 12.8 Å². The standard InChI is InChI=1S/C15H22ClN3O.HI/c1-12-3-2-9-19(11-12)15(17)18-8-10-20-14-6-4-13(16)5-7-14;/h4-7,12H,2-3,8-11H2,1H3,(H2,17,18);1H. The van der Waals surface area contributed by atoms with Crippen molar-refractivity contribution in [1.82, 2.24) is 4.90 Å². The molecule has 6 heteroatoms. The largest absolute Gasteiger partial charge is 0.492 e. The average molecular weight is 424 g/mol. The molecule has 1 aromatic rings. The van der Waals surface area contributed by atoms with Gasteiger partial charge < -0.3 is 15.4 Å². The van der Waals surface area contributed by atoms with E-state index in [0.717, 1.165) is 18.8 Å². The Labute approximate surface area is 148 Å². The lowest BCUT2D eigenvalue weighted by atomic mass is 10.0. The maximum absolute atomic E-state index is 6.01. The third kappa shape index (κ3) is 6.30. The van der Waals surface area contributed by atoms with Crippen molar-refractivity contribution >= 4 is 41.5 Å². The molecule has 0 radical (unpaired) electrons. The molecular weight excluding hydrogens is 401 g/mol. The van der Waals surface area contributed by atoms with E-state index in [1.54, 1.807) is 0 Å². The summed E-state index contributed by atoms with van der Waals surface area (Å²) in [6.07, 6.45) is 2.47. The number of hydrogen-bond acceptors (Lipinski definition) is 2. The Bertz CT molecular complexity index is 453. The SMILES string of the molecule is CC1CCCN(C(N)=NCCOc2ccc(Cl)cc2)C1.I. The van der Waals surface area contributed by atoms with Crippen molar-refractivity contribution in [2.45, 2.75) is 19.8 Å². The molecule has 118 valence electrons. The predicted molar refractivity (Wildman–Crippen MR) is 98.8 cm³/mol. The second kappa shape index (κ2) is 9.35. The molecule has 1 heterocycles. The molecule has 1 aliphatic heterocycles. The summed E-state index contributed by atoms with van der Waals surface area (Å²) in [6.45, 7) is 5.36. The summed E-state index contributed by atoms with van der Waals surface area (Å²) in [5.74, 6) is 2.13. The van der Waals surface area contributed by atoms with E-state index >= 15 is 0 Å². The van der Waals surface area contributed by atoms with Crippen LogP contribution in [0.4, 0.5) is 0 Å². The second-order valence-electron chi connectivity index (χ2n) is 5.24. The van der Waals surface area contributed by atoms with Crippen molar-refractivity contribution in [2.75, 3.05) is 26.2 Å². The van der Waals surface area contributed by atoms with E-state index in [2.05, 4.69) is 16.8 Å². The molecule has 2 N–H and O–H groups in total. The minimum Gasteiger partial charge on any atom is -0.492 e. The number of ether oxygens (including phenoxy) is 1. The van der Waals surface area contributed by atoms with E-state index in [-0.39, 0.29) is 24.0 Å². The van der Waals surface area contributed by atoms with Crippen molar-refractivity contribution in [3.05, 3.63) is 29.3 Å². The molecule has 2 rings (SSSR count). The summed E-state index contributed by atoms with van der Waals surface area (Å²) < 4.78 is 5.58. The van der Waals surface area contributed by atoms with Gasteiger partial charge in [0.25, 0.3) is 0 Å². The number of nitrogens with zero attached hydrogens (tertiary/aromatic N) is 2. The lowest BCUT2D eigenvalue weighted by molar-refractivity contribution is 0.269. The fourth-order valence-electron chi connectivity index (χ4n) is 2.35. The molecule has 0 aliphatic carbocycles. The lowest BCUT2D eigenvalue weighted by Gasteiger charge is -2.31. The zero-order chi connectivity index (χ0) is 14.4. The first kappa shape index (κ1) is 18.4. The van der Waals surface area contributed by atoms with Gasteiger partial charge in [-0.3, -0.25) is 0 Å². The number of aliphatic imine (C=N–C) groups is 1. The van der Waals surface area contributed by atoms with Crippen LogP contribution in [0, 0.1) is 5.92 Å². The highest BCUT2D eigenvalue weighted by molar-refractivity contribution is 14.0. The van der Waals surface area contributed by atoms with Crippen molar-refractivity contribution < 1.29 is 4.74 Å². The smallest absolute Gasteiger partial charge is 0.191 e. The Balaban J connectivity index is 0.00000220. The number of nitrogens with two attached hydrogens (primary N) is 1. The molecule has 4 nitrogen and oxygen atoms in total. The van der Waals surface area contributed by atoms with Crippen LogP contribution in [-0.4, -0.2) is 37.1 Å². The topological polar surface area (TPSA) is 50.8 Å². The zero-order valence-electron chi connectivity index (χ0n) is 12.3. The maximum atomic E-state index is 6.01. The van der Waals surface area contributed by atoms with Crippen molar-refractivity contribution in [3.63, 3.8) is 0 Å². The van der Waals surface area contributed by atoms with Crippen LogP contribution in [-0.2, 0) is 0 Å². The molecule has 21 heavy (non-hydrogen) atoms. The molecule has 0 spiro atoms. The third-order valence-corrected chi connectivity index (χ3v) is 3.68. The first-order valence-corrected chi connectivity index (χ1v) is 7.46. The van der Waals surface area contributed by atoms with Crippen LogP contribution in [0.1, 0.15) is 19.8 Å². The van der Waals surface area contributed by atoms with Gasteiger partial charge in [-0.25, -0.2) is 4.99 Å². The molecule has 1 unspecified atom stereocenters. The Morgan fingerprint density at radius 2 is 2.14 bits per heavy atom. The number of benzene rings is 1. The molecular formula is C15H23ClIN3O. The molecule has 0 amide bonds. The summed E-state index contributed by atoms with van der Waals surface area (Å²) in [5, 5.41) is 0.707. The van der Waals surface area contributed by atoms with E-state index < -0.39 is 0 Å². The summed E-state index contributed by atoms with van der Waals surface area (Å²) >= 11 is 5.81. The molecule has 1 aliphatic rings. The average Bonchev–Trinajstić information content (AvgIpc) is 2.45. The first-order chi connectivity index (χ1) is 9.65. The number of piperidine rings is 1. The number of halogens is 2. The Hall–Kier alpha value is -0.690. The predicted octanol–water partition coefficient (Wildman–Crippen LogP) is 3.38. The van der Waals surface area contributed by atoms with Crippen LogP contribution in [0.2, 0.25) is 5.02 Å². The summed E-state index contributed by atoms with van der Waals surface area (Å²) in [4.78, 5) is 6.55. The lowest BCUT2D eigenvalue weighted by Crippen LogP contribution is -2.43. The van der Waals surface area contributed by atoms with Gasteiger partial charge in [-0.2, -0.15) is 0 Å². The van der Waals surface area contributed by atoms with Crippen LogP contribution in [0.5, 0.6) is 5.75 Å².